The third-order valence-corrected chi connectivity index (χ3v) is 3.62. The molecule has 3 aromatic rings. The van der Waals surface area contributed by atoms with Crippen molar-refractivity contribution in [2.75, 3.05) is 0 Å². The molecule has 0 unspecified atom stereocenters. The van der Waals surface area contributed by atoms with E-state index in [0.29, 0.717) is 10.7 Å². The van der Waals surface area contributed by atoms with E-state index in [1.54, 1.807) is 6.33 Å². The minimum absolute atomic E-state index is 0.173. The van der Waals surface area contributed by atoms with Crippen LogP contribution in [0.5, 0.6) is 0 Å². The second-order valence-corrected chi connectivity index (χ2v) is 5.06. The lowest BCUT2D eigenvalue weighted by Crippen LogP contribution is -1.88. The first-order valence-electron chi connectivity index (χ1n) is 4.14. The van der Waals surface area contributed by atoms with Gasteiger partial charge in [-0.05, 0) is 34.9 Å². The first-order valence-corrected chi connectivity index (χ1v) is 6.11. The van der Waals surface area contributed by atoms with Crippen LogP contribution in [0.15, 0.2) is 22.0 Å². The Bertz CT molecular complexity index is 621. The van der Waals surface area contributed by atoms with E-state index in [1.807, 2.05) is 0 Å². The third-order valence-electron chi connectivity index (χ3n) is 1.75. The van der Waals surface area contributed by atoms with Crippen LogP contribution in [0.3, 0.4) is 0 Å². The Balaban J connectivity index is 2.11. The number of hydrogen-bond donors (Lipinski definition) is 1. The summed E-state index contributed by atoms with van der Waals surface area (Å²) in [5.41, 5.74) is 1.30. The Hall–Kier alpha value is -1.25. The van der Waals surface area contributed by atoms with E-state index < -0.39 is 0 Å². The SMILES string of the molecule is Clc1nc(Sc2ncns2)c2[nH]cnc2n1. The fourth-order valence-corrected chi connectivity index (χ4v) is 2.80. The number of aromatic amines is 1. The summed E-state index contributed by atoms with van der Waals surface area (Å²) in [7, 11) is 0. The maximum absolute atomic E-state index is 5.80. The quantitative estimate of drug-likeness (QED) is 0.567. The van der Waals surface area contributed by atoms with Crippen molar-refractivity contribution < 1.29 is 0 Å². The van der Waals surface area contributed by atoms with Crippen molar-refractivity contribution >= 4 is 46.1 Å². The zero-order valence-corrected chi connectivity index (χ0v) is 9.97. The average Bonchev–Trinajstić information content (AvgIpc) is 2.87. The molecule has 0 aliphatic heterocycles. The van der Waals surface area contributed by atoms with Gasteiger partial charge in [0.25, 0.3) is 0 Å². The van der Waals surface area contributed by atoms with Gasteiger partial charge in [-0.25, -0.2) is 15.0 Å². The maximum Gasteiger partial charge on any atom is 0.225 e. The van der Waals surface area contributed by atoms with E-state index in [0.717, 1.165) is 9.86 Å². The number of hydrogen-bond acceptors (Lipinski definition) is 7. The van der Waals surface area contributed by atoms with E-state index in [1.165, 1.54) is 29.6 Å². The van der Waals surface area contributed by atoms with Crippen LogP contribution in [0.1, 0.15) is 0 Å². The van der Waals surface area contributed by atoms with Crippen molar-refractivity contribution in [3.05, 3.63) is 17.9 Å². The molecule has 80 valence electrons. The molecule has 0 aliphatic carbocycles. The standard InChI is InChI=1S/C7H3ClN6S2/c8-6-13-4-3(9-1-10-4)5(14-6)15-7-11-2-12-16-7/h1-2H,(H,9,10,13,14). The summed E-state index contributed by atoms with van der Waals surface area (Å²) in [4.78, 5) is 19.2. The molecule has 1 N–H and O–H groups in total. The van der Waals surface area contributed by atoms with Crippen molar-refractivity contribution in [3.8, 4) is 0 Å². The largest absolute Gasteiger partial charge is 0.341 e. The highest BCUT2D eigenvalue weighted by atomic mass is 35.5. The Labute approximate surface area is 103 Å². The summed E-state index contributed by atoms with van der Waals surface area (Å²) in [5.74, 6) is 0. The fourth-order valence-electron chi connectivity index (χ4n) is 1.15. The lowest BCUT2D eigenvalue weighted by Gasteiger charge is -1.98. The molecule has 9 heteroatoms. The van der Waals surface area contributed by atoms with Gasteiger partial charge in [0.15, 0.2) is 9.99 Å². The average molecular weight is 271 g/mol. The molecule has 3 aromatic heterocycles. The molecule has 0 aromatic carbocycles. The van der Waals surface area contributed by atoms with Crippen molar-refractivity contribution in [2.45, 2.75) is 9.37 Å². The van der Waals surface area contributed by atoms with Gasteiger partial charge >= 0.3 is 0 Å². The van der Waals surface area contributed by atoms with Crippen LogP contribution in [0.25, 0.3) is 11.2 Å². The topological polar surface area (TPSA) is 80.2 Å². The zero-order chi connectivity index (χ0) is 11.0. The number of aromatic nitrogens is 6. The second-order valence-electron chi connectivity index (χ2n) is 2.71. The fraction of sp³-hybridized carbons (Fsp3) is 0. The molecule has 3 heterocycles. The molecule has 0 fully saturated rings. The van der Waals surface area contributed by atoms with Gasteiger partial charge < -0.3 is 4.98 Å². The first-order chi connectivity index (χ1) is 7.83. The summed E-state index contributed by atoms with van der Waals surface area (Å²) >= 11 is 8.48. The van der Waals surface area contributed by atoms with Crippen molar-refractivity contribution in [1.29, 1.82) is 0 Å². The van der Waals surface area contributed by atoms with Gasteiger partial charge in [0.2, 0.25) is 5.28 Å². The highest BCUT2D eigenvalue weighted by molar-refractivity contribution is 8.01. The Morgan fingerprint density at radius 3 is 3.06 bits per heavy atom. The molecule has 0 saturated carbocycles. The number of H-pyrrole nitrogens is 1. The lowest BCUT2D eigenvalue weighted by atomic mass is 10.6. The minimum Gasteiger partial charge on any atom is -0.341 e. The predicted molar refractivity (Wildman–Crippen MR) is 60.7 cm³/mol. The summed E-state index contributed by atoms with van der Waals surface area (Å²) < 4.78 is 4.71. The Morgan fingerprint density at radius 2 is 2.25 bits per heavy atom. The van der Waals surface area contributed by atoms with Gasteiger partial charge in [0.05, 0.1) is 6.33 Å². The summed E-state index contributed by atoms with van der Waals surface area (Å²) in [5, 5.41) is 0.871. The van der Waals surface area contributed by atoms with Crippen LogP contribution in [-0.2, 0) is 0 Å². The molecule has 0 atom stereocenters. The van der Waals surface area contributed by atoms with E-state index in [9.17, 15) is 0 Å². The number of rotatable bonds is 2. The van der Waals surface area contributed by atoms with Gasteiger partial charge in [-0.15, -0.1) is 0 Å². The highest BCUT2D eigenvalue weighted by Gasteiger charge is 2.11. The van der Waals surface area contributed by atoms with Crippen molar-refractivity contribution in [1.82, 2.24) is 29.3 Å². The third kappa shape index (κ3) is 1.75. The van der Waals surface area contributed by atoms with Crippen LogP contribution in [0, 0.1) is 0 Å². The summed E-state index contributed by atoms with van der Waals surface area (Å²) in [6, 6.07) is 0. The van der Waals surface area contributed by atoms with E-state index in [4.69, 9.17) is 11.6 Å². The monoisotopic (exact) mass is 270 g/mol. The lowest BCUT2D eigenvalue weighted by molar-refractivity contribution is 1.08. The van der Waals surface area contributed by atoms with Crippen molar-refractivity contribution in [3.63, 3.8) is 0 Å². The van der Waals surface area contributed by atoms with Crippen LogP contribution in [-0.4, -0.2) is 29.3 Å². The minimum atomic E-state index is 0.173. The number of fused-ring (bicyclic) bond motifs is 1. The normalized spacial score (nSPS) is 11.1. The summed E-state index contributed by atoms with van der Waals surface area (Å²) in [6.07, 6.45) is 3.06. The molecule has 0 aliphatic rings. The number of halogens is 1. The first kappa shape index (κ1) is 9.94. The van der Waals surface area contributed by atoms with Gasteiger partial charge in [-0.1, -0.05) is 0 Å². The summed E-state index contributed by atoms with van der Waals surface area (Å²) in [6.45, 7) is 0. The molecule has 16 heavy (non-hydrogen) atoms. The van der Waals surface area contributed by atoms with Crippen LogP contribution in [0.4, 0.5) is 0 Å². The van der Waals surface area contributed by atoms with E-state index in [2.05, 4.69) is 29.3 Å². The predicted octanol–water partition coefficient (Wildman–Crippen LogP) is 2.01. The molecule has 0 spiro atoms. The van der Waals surface area contributed by atoms with Gasteiger partial charge in [-0.3, -0.25) is 0 Å². The molecular weight excluding hydrogens is 268 g/mol. The van der Waals surface area contributed by atoms with E-state index in [-0.39, 0.29) is 5.28 Å². The van der Waals surface area contributed by atoms with Crippen LogP contribution in [0.2, 0.25) is 5.28 Å². The van der Waals surface area contributed by atoms with Crippen LogP contribution < -0.4 is 0 Å². The van der Waals surface area contributed by atoms with Crippen LogP contribution >= 0.6 is 34.9 Å². The highest BCUT2D eigenvalue weighted by Crippen LogP contribution is 2.31. The number of imidazole rings is 1. The molecule has 0 bridgehead atoms. The van der Waals surface area contributed by atoms with Gasteiger partial charge in [0.1, 0.15) is 16.9 Å². The molecule has 3 rings (SSSR count). The molecule has 0 saturated heterocycles. The molecular formula is C7H3ClN6S2. The number of nitrogens with one attached hydrogen (secondary N) is 1. The van der Waals surface area contributed by atoms with E-state index >= 15 is 0 Å². The smallest absolute Gasteiger partial charge is 0.225 e. The number of nitrogens with zero attached hydrogens (tertiary/aromatic N) is 5. The Morgan fingerprint density at radius 1 is 1.31 bits per heavy atom. The second kappa shape index (κ2) is 3.96. The molecule has 0 radical (unpaired) electrons. The molecule has 6 nitrogen and oxygen atoms in total. The maximum atomic E-state index is 5.80. The van der Waals surface area contributed by atoms with Crippen molar-refractivity contribution in [2.24, 2.45) is 0 Å². The van der Waals surface area contributed by atoms with Gasteiger partial charge in [0, 0.05) is 0 Å². The zero-order valence-electron chi connectivity index (χ0n) is 7.59. The van der Waals surface area contributed by atoms with Gasteiger partial charge in [-0.2, -0.15) is 9.36 Å². The molecule has 0 amide bonds. The Kier molecular flexibility index (Phi) is 2.46.